The van der Waals surface area contributed by atoms with E-state index < -0.39 is 0 Å². The van der Waals surface area contributed by atoms with Crippen LogP contribution in [0.2, 0.25) is 0 Å². The Kier molecular flexibility index (Phi) is 7.03. The fourth-order valence-corrected chi connectivity index (χ4v) is 4.01. The van der Waals surface area contributed by atoms with Crippen LogP contribution in [0.1, 0.15) is 68.4 Å². The number of oxazole rings is 1. The third-order valence-corrected chi connectivity index (χ3v) is 6.40. The average molecular weight is 486 g/mol. The normalized spacial score (nSPS) is 12.4. The van der Waals surface area contributed by atoms with Crippen LogP contribution in [-0.4, -0.2) is 16.0 Å². The topological polar surface area (TPSA) is 67.2 Å². The third kappa shape index (κ3) is 5.77. The molecule has 2 N–H and O–H groups in total. The Morgan fingerprint density at radius 1 is 1.06 bits per heavy atom. The van der Waals surface area contributed by atoms with Gasteiger partial charge in [0.25, 0.3) is 5.91 Å². The van der Waals surface area contributed by atoms with Gasteiger partial charge in [-0.25, -0.2) is 4.98 Å². The van der Waals surface area contributed by atoms with E-state index in [1.807, 2.05) is 54.6 Å². The van der Waals surface area contributed by atoms with Crippen LogP contribution < -0.4 is 10.6 Å². The number of nitrogens with zero attached hydrogens (tertiary/aromatic N) is 1. The van der Waals surface area contributed by atoms with Crippen molar-refractivity contribution in [1.82, 2.24) is 10.3 Å². The summed E-state index contributed by atoms with van der Waals surface area (Å²) < 4.78 is 6.00. The van der Waals surface area contributed by atoms with E-state index >= 15 is 0 Å². The number of carbonyl (C=O) groups excluding carboxylic acids is 1. The number of benzene rings is 3. The lowest BCUT2D eigenvalue weighted by Gasteiger charge is -2.19. The second-order valence-corrected chi connectivity index (χ2v) is 10.3. The summed E-state index contributed by atoms with van der Waals surface area (Å²) in [5, 5.41) is 6.06. The summed E-state index contributed by atoms with van der Waals surface area (Å²) in [7, 11) is 0. The Hall–Kier alpha value is -3.51. The van der Waals surface area contributed by atoms with Crippen molar-refractivity contribution in [2.75, 3.05) is 5.32 Å². The van der Waals surface area contributed by atoms with E-state index in [2.05, 4.69) is 57.4 Å². The zero-order valence-corrected chi connectivity index (χ0v) is 21.6. The molecule has 0 aliphatic heterocycles. The van der Waals surface area contributed by atoms with Gasteiger partial charge in [-0.3, -0.25) is 10.1 Å². The van der Waals surface area contributed by atoms with Crippen molar-refractivity contribution < 1.29 is 9.21 Å². The molecule has 4 aromatic rings. The summed E-state index contributed by atoms with van der Waals surface area (Å²) in [5.41, 5.74) is 6.16. The number of nitrogens with one attached hydrogen (secondary N) is 2. The molecule has 0 spiro atoms. The molecule has 0 aliphatic carbocycles. The maximum atomic E-state index is 12.6. The predicted octanol–water partition coefficient (Wildman–Crippen LogP) is 7.43. The molecular formula is C29H31N3O2S. The van der Waals surface area contributed by atoms with Crippen molar-refractivity contribution >= 4 is 40.0 Å². The molecule has 1 aromatic heterocycles. The lowest BCUT2D eigenvalue weighted by Crippen LogP contribution is -2.34. The highest BCUT2D eigenvalue weighted by Crippen LogP contribution is 2.29. The van der Waals surface area contributed by atoms with Crippen molar-refractivity contribution in [2.24, 2.45) is 0 Å². The first kappa shape index (κ1) is 24.6. The molecule has 0 saturated heterocycles. The molecule has 1 heterocycles. The molecule has 35 heavy (non-hydrogen) atoms. The maximum Gasteiger partial charge on any atom is 0.257 e. The zero-order valence-electron chi connectivity index (χ0n) is 20.8. The first-order chi connectivity index (χ1) is 16.6. The molecule has 0 radical (unpaired) electrons. The largest absolute Gasteiger partial charge is 0.436 e. The molecule has 180 valence electrons. The van der Waals surface area contributed by atoms with E-state index in [1.54, 1.807) is 0 Å². The van der Waals surface area contributed by atoms with Crippen molar-refractivity contribution in [3.63, 3.8) is 0 Å². The van der Waals surface area contributed by atoms with Crippen LogP contribution in [0.15, 0.2) is 71.1 Å². The van der Waals surface area contributed by atoms with E-state index in [-0.39, 0.29) is 16.4 Å². The molecule has 1 atom stereocenters. The van der Waals surface area contributed by atoms with Gasteiger partial charge < -0.3 is 9.73 Å². The second kappa shape index (κ2) is 10.0. The molecule has 0 fully saturated rings. The number of thiocarbonyl (C=S) groups is 1. The smallest absolute Gasteiger partial charge is 0.257 e. The lowest BCUT2D eigenvalue weighted by atomic mass is 9.87. The number of fused-ring (bicyclic) bond motifs is 1. The van der Waals surface area contributed by atoms with E-state index in [4.69, 9.17) is 21.6 Å². The highest BCUT2D eigenvalue weighted by Gasteiger charge is 2.15. The molecule has 6 heteroatoms. The Labute approximate surface area is 212 Å². The Morgan fingerprint density at radius 2 is 1.80 bits per heavy atom. The van der Waals surface area contributed by atoms with E-state index in [0.717, 1.165) is 28.8 Å². The predicted molar refractivity (Wildman–Crippen MR) is 147 cm³/mol. The van der Waals surface area contributed by atoms with Crippen LogP contribution in [-0.2, 0) is 5.41 Å². The molecule has 0 bridgehead atoms. The standard InChI is InChI=1S/C29H31N3O2S/c1-6-18(2)20-12-15-25-24(17-20)31-27(34-25)21-8-7-9-23(16-21)30-28(35)32-26(33)19-10-13-22(14-11-19)29(3,4)5/h7-18H,6H2,1-5H3,(H2,30,32,33,35). The Morgan fingerprint density at radius 3 is 2.49 bits per heavy atom. The fraction of sp³-hybridized carbons (Fsp3) is 0.276. The quantitative estimate of drug-likeness (QED) is 0.288. The van der Waals surface area contributed by atoms with E-state index in [9.17, 15) is 4.79 Å². The van der Waals surface area contributed by atoms with Gasteiger partial charge in [0, 0.05) is 16.8 Å². The maximum absolute atomic E-state index is 12.6. The number of amides is 1. The van der Waals surface area contributed by atoms with Crippen molar-refractivity contribution in [3.05, 3.63) is 83.4 Å². The Balaban J connectivity index is 1.45. The van der Waals surface area contributed by atoms with Crippen molar-refractivity contribution in [1.29, 1.82) is 0 Å². The summed E-state index contributed by atoms with van der Waals surface area (Å²) in [5.74, 6) is 0.758. The third-order valence-electron chi connectivity index (χ3n) is 6.20. The first-order valence-electron chi connectivity index (χ1n) is 11.9. The number of rotatable bonds is 5. The van der Waals surface area contributed by atoms with Gasteiger partial charge in [-0.05, 0) is 83.6 Å². The molecular weight excluding hydrogens is 454 g/mol. The molecule has 1 unspecified atom stereocenters. The highest BCUT2D eigenvalue weighted by atomic mass is 32.1. The van der Waals surface area contributed by atoms with Gasteiger partial charge in [-0.1, -0.05) is 58.9 Å². The number of aromatic nitrogens is 1. The van der Waals surface area contributed by atoms with Gasteiger partial charge in [-0.15, -0.1) is 0 Å². The highest BCUT2D eigenvalue weighted by molar-refractivity contribution is 7.80. The molecule has 4 rings (SSSR count). The molecule has 0 saturated carbocycles. The summed E-state index contributed by atoms with van der Waals surface area (Å²) in [6.45, 7) is 10.8. The van der Waals surface area contributed by atoms with Gasteiger partial charge in [0.15, 0.2) is 10.7 Å². The van der Waals surface area contributed by atoms with Crippen molar-refractivity contribution in [2.45, 2.75) is 52.4 Å². The second-order valence-electron chi connectivity index (χ2n) is 9.87. The minimum atomic E-state index is -0.254. The van der Waals surface area contributed by atoms with E-state index in [1.165, 1.54) is 11.1 Å². The molecule has 5 nitrogen and oxygen atoms in total. The zero-order chi connectivity index (χ0) is 25.2. The summed E-state index contributed by atoms with van der Waals surface area (Å²) in [6, 6.07) is 21.4. The van der Waals surface area contributed by atoms with Crippen LogP contribution in [0.5, 0.6) is 0 Å². The molecule has 0 aliphatic rings. The van der Waals surface area contributed by atoms with Gasteiger partial charge in [0.05, 0.1) is 0 Å². The van der Waals surface area contributed by atoms with Gasteiger partial charge in [0.1, 0.15) is 5.52 Å². The van der Waals surface area contributed by atoms with Crippen molar-refractivity contribution in [3.8, 4) is 11.5 Å². The SMILES string of the molecule is CCC(C)c1ccc2oc(-c3cccc(NC(=S)NC(=O)c4ccc(C(C)(C)C)cc4)c3)nc2c1. The summed E-state index contributed by atoms with van der Waals surface area (Å²) in [4.78, 5) is 17.3. The van der Waals surface area contributed by atoms with Gasteiger partial charge >= 0.3 is 0 Å². The number of hydrogen-bond acceptors (Lipinski definition) is 4. The minimum Gasteiger partial charge on any atom is -0.436 e. The molecule has 1 amide bonds. The van der Waals surface area contributed by atoms with Crippen LogP contribution in [0, 0.1) is 0 Å². The lowest BCUT2D eigenvalue weighted by molar-refractivity contribution is 0.0977. The van der Waals surface area contributed by atoms with Gasteiger partial charge in [-0.2, -0.15) is 0 Å². The van der Waals surface area contributed by atoms with Crippen LogP contribution in [0.4, 0.5) is 5.69 Å². The average Bonchev–Trinajstić information content (AvgIpc) is 3.26. The minimum absolute atomic E-state index is 0.0296. The summed E-state index contributed by atoms with van der Waals surface area (Å²) in [6.07, 6.45) is 1.07. The van der Waals surface area contributed by atoms with E-state index in [0.29, 0.717) is 17.4 Å². The van der Waals surface area contributed by atoms with Crippen LogP contribution in [0.3, 0.4) is 0 Å². The Bertz CT molecular complexity index is 1370. The fourth-order valence-electron chi connectivity index (χ4n) is 3.80. The number of carbonyl (C=O) groups is 1. The monoisotopic (exact) mass is 485 g/mol. The van der Waals surface area contributed by atoms with Crippen LogP contribution >= 0.6 is 12.2 Å². The summed E-state index contributed by atoms with van der Waals surface area (Å²) >= 11 is 5.38. The molecule has 3 aromatic carbocycles. The first-order valence-corrected chi connectivity index (χ1v) is 12.3. The van der Waals surface area contributed by atoms with Gasteiger partial charge in [0.2, 0.25) is 5.89 Å². The number of hydrogen-bond donors (Lipinski definition) is 2. The van der Waals surface area contributed by atoms with Crippen LogP contribution in [0.25, 0.3) is 22.6 Å². The number of anilines is 1.